The van der Waals surface area contributed by atoms with Crippen molar-refractivity contribution < 1.29 is 8.42 Å². The van der Waals surface area contributed by atoms with Crippen LogP contribution in [0.2, 0.25) is 0 Å². The van der Waals surface area contributed by atoms with Crippen LogP contribution in [0.4, 0.5) is 5.82 Å². The van der Waals surface area contributed by atoms with E-state index in [9.17, 15) is 8.42 Å². The molecule has 0 saturated carbocycles. The summed E-state index contributed by atoms with van der Waals surface area (Å²) in [4.78, 5) is 0. The van der Waals surface area contributed by atoms with Crippen molar-refractivity contribution in [3.05, 3.63) is 24.3 Å². The molecule has 86 valence electrons. The van der Waals surface area contributed by atoms with Gasteiger partial charge in [-0.25, -0.2) is 0 Å². The number of nitrogen functional groups attached to an aromatic ring is 1. The summed E-state index contributed by atoms with van der Waals surface area (Å²) in [6.07, 6.45) is 0. The van der Waals surface area contributed by atoms with E-state index in [1.807, 2.05) is 0 Å². The van der Waals surface area contributed by atoms with Gasteiger partial charge in [-0.05, 0) is 12.1 Å². The molecule has 0 aliphatic rings. The van der Waals surface area contributed by atoms with E-state index in [-0.39, 0.29) is 5.82 Å². The molecule has 16 heavy (non-hydrogen) atoms. The lowest BCUT2D eigenvalue weighted by Gasteiger charge is -2.11. The SMILES string of the molecule is CN(C)S(=O)(=O)n1nc(N)c2ccccc21. The van der Waals surface area contributed by atoms with Crippen LogP contribution in [-0.2, 0) is 10.2 Å². The molecule has 0 aliphatic heterocycles. The van der Waals surface area contributed by atoms with Gasteiger partial charge in [0, 0.05) is 19.5 Å². The molecule has 0 amide bonds. The van der Waals surface area contributed by atoms with E-state index in [1.165, 1.54) is 14.1 Å². The summed E-state index contributed by atoms with van der Waals surface area (Å²) in [5, 5.41) is 4.48. The Hall–Kier alpha value is -1.60. The first kappa shape index (κ1) is 10.9. The second kappa shape index (κ2) is 3.46. The van der Waals surface area contributed by atoms with Crippen LogP contribution in [0.1, 0.15) is 0 Å². The third-order valence-corrected chi connectivity index (χ3v) is 3.90. The van der Waals surface area contributed by atoms with E-state index >= 15 is 0 Å². The summed E-state index contributed by atoms with van der Waals surface area (Å²) in [6, 6.07) is 6.93. The van der Waals surface area contributed by atoms with Crippen molar-refractivity contribution in [1.29, 1.82) is 0 Å². The predicted molar refractivity (Wildman–Crippen MR) is 62.2 cm³/mol. The summed E-state index contributed by atoms with van der Waals surface area (Å²) >= 11 is 0. The van der Waals surface area contributed by atoms with E-state index in [2.05, 4.69) is 5.10 Å². The Balaban J connectivity index is 2.81. The maximum absolute atomic E-state index is 11.9. The molecule has 0 aliphatic carbocycles. The molecular weight excluding hydrogens is 228 g/mol. The van der Waals surface area contributed by atoms with Gasteiger partial charge in [-0.1, -0.05) is 12.1 Å². The van der Waals surface area contributed by atoms with Crippen LogP contribution < -0.4 is 5.73 Å². The van der Waals surface area contributed by atoms with Gasteiger partial charge in [0.05, 0.1) is 5.52 Å². The van der Waals surface area contributed by atoms with Crippen LogP contribution in [0.25, 0.3) is 10.9 Å². The maximum Gasteiger partial charge on any atom is 0.323 e. The first-order chi connectivity index (χ1) is 7.44. The Bertz CT molecular complexity index is 630. The third kappa shape index (κ3) is 1.44. The van der Waals surface area contributed by atoms with Crippen molar-refractivity contribution >= 4 is 26.9 Å². The highest BCUT2D eigenvalue weighted by atomic mass is 32.2. The van der Waals surface area contributed by atoms with Gasteiger partial charge in [-0.2, -0.15) is 12.7 Å². The maximum atomic E-state index is 11.9. The molecule has 0 unspecified atom stereocenters. The van der Waals surface area contributed by atoms with Crippen LogP contribution in [-0.4, -0.2) is 36.0 Å². The number of hydrogen-bond donors (Lipinski definition) is 1. The Morgan fingerprint density at radius 3 is 2.56 bits per heavy atom. The topological polar surface area (TPSA) is 81.2 Å². The molecule has 0 saturated heterocycles. The molecule has 1 heterocycles. The lowest BCUT2D eigenvalue weighted by atomic mass is 10.2. The third-order valence-electron chi connectivity index (χ3n) is 2.26. The van der Waals surface area contributed by atoms with E-state index < -0.39 is 10.2 Å². The lowest BCUT2D eigenvalue weighted by Crippen LogP contribution is -2.29. The number of anilines is 1. The minimum atomic E-state index is -3.62. The number of para-hydroxylation sites is 1. The molecule has 2 aromatic rings. The van der Waals surface area contributed by atoms with Crippen LogP contribution in [0.5, 0.6) is 0 Å². The normalized spacial score (nSPS) is 12.4. The van der Waals surface area contributed by atoms with Crippen LogP contribution in [0, 0.1) is 0 Å². The van der Waals surface area contributed by atoms with Crippen molar-refractivity contribution in [2.45, 2.75) is 0 Å². The fourth-order valence-electron chi connectivity index (χ4n) is 1.39. The number of rotatable bonds is 2. The van der Waals surface area contributed by atoms with Crippen LogP contribution >= 0.6 is 0 Å². The smallest absolute Gasteiger partial charge is 0.323 e. The van der Waals surface area contributed by atoms with Crippen molar-refractivity contribution in [3.63, 3.8) is 0 Å². The van der Waals surface area contributed by atoms with Gasteiger partial charge in [0.15, 0.2) is 5.82 Å². The van der Waals surface area contributed by atoms with Gasteiger partial charge >= 0.3 is 10.2 Å². The quantitative estimate of drug-likeness (QED) is 0.817. The molecule has 0 bridgehead atoms. The molecule has 0 spiro atoms. The Morgan fingerprint density at radius 1 is 1.31 bits per heavy atom. The highest BCUT2D eigenvalue weighted by molar-refractivity contribution is 7.87. The van der Waals surface area contributed by atoms with Gasteiger partial charge in [0.1, 0.15) is 0 Å². The van der Waals surface area contributed by atoms with E-state index in [4.69, 9.17) is 5.73 Å². The average molecular weight is 240 g/mol. The first-order valence-electron chi connectivity index (χ1n) is 4.61. The highest BCUT2D eigenvalue weighted by Gasteiger charge is 2.21. The molecule has 0 atom stereocenters. The fraction of sp³-hybridized carbons (Fsp3) is 0.222. The summed E-state index contributed by atoms with van der Waals surface area (Å²) < 4.78 is 25.9. The Kier molecular flexibility index (Phi) is 2.36. The van der Waals surface area contributed by atoms with Crippen LogP contribution in [0.3, 0.4) is 0 Å². The second-order valence-electron chi connectivity index (χ2n) is 3.54. The highest BCUT2D eigenvalue weighted by Crippen LogP contribution is 2.21. The number of hydrogen-bond acceptors (Lipinski definition) is 4. The first-order valence-corrected chi connectivity index (χ1v) is 6.00. The zero-order chi connectivity index (χ0) is 11.9. The van der Waals surface area contributed by atoms with Gasteiger partial charge in [-0.15, -0.1) is 9.19 Å². The monoisotopic (exact) mass is 240 g/mol. The summed E-state index contributed by atoms with van der Waals surface area (Å²) in [7, 11) is -0.731. The van der Waals surface area contributed by atoms with Crippen molar-refractivity contribution in [2.75, 3.05) is 19.8 Å². The minimum absolute atomic E-state index is 0.209. The number of fused-ring (bicyclic) bond motifs is 1. The number of nitrogens with zero attached hydrogens (tertiary/aromatic N) is 3. The van der Waals surface area contributed by atoms with Crippen molar-refractivity contribution in [1.82, 2.24) is 13.5 Å². The van der Waals surface area contributed by atoms with Gasteiger partial charge in [0.2, 0.25) is 0 Å². The zero-order valence-corrected chi connectivity index (χ0v) is 9.77. The Labute approximate surface area is 93.4 Å². The fourth-order valence-corrected chi connectivity index (χ4v) is 2.30. The van der Waals surface area contributed by atoms with Gasteiger partial charge in [-0.3, -0.25) is 0 Å². The van der Waals surface area contributed by atoms with Gasteiger partial charge in [0.25, 0.3) is 0 Å². The zero-order valence-electron chi connectivity index (χ0n) is 8.95. The molecule has 1 aromatic heterocycles. The minimum Gasteiger partial charge on any atom is -0.382 e. The molecule has 2 N–H and O–H groups in total. The molecule has 6 nitrogen and oxygen atoms in total. The second-order valence-corrected chi connectivity index (χ2v) is 5.51. The Morgan fingerprint density at radius 2 is 1.94 bits per heavy atom. The molecule has 1 aromatic carbocycles. The van der Waals surface area contributed by atoms with Gasteiger partial charge < -0.3 is 5.73 Å². The van der Waals surface area contributed by atoms with E-state index in [0.717, 1.165) is 8.39 Å². The molecule has 2 rings (SSSR count). The molecule has 7 heteroatoms. The molecular formula is C9H12N4O2S. The number of aromatic nitrogens is 2. The average Bonchev–Trinajstić information content (AvgIpc) is 2.57. The lowest BCUT2D eigenvalue weighted by molar-refractivity contribution is 0.506. The standard InChI is InChI=1S/C9H12N4O2S/c1-12(2)16(14,15)13-8-6-4-3-5-7(8)9(10)11-13/h3-6H,1-2H3,(H2,10,11). The van der Waals surface area contributed by atoms with Crippen LogP contribution in [0.15, 0.2) is 24.3 Å². The van der Waals surface area contributed by atoms with E-state index in [0.29, 0.717) is 10.9 Å². The number of nitrogens with two attached hydrogens (primary N) is 1. The summed E-state index contributed by atoms with van der Waals surface area (Å²) in [6.45, 7) is 0. The van der Waals surface area contributed by atoms with Crippen molar-refractivity contribution in [2.24, 2.45) is 0 Å². The van der Waals surface area contributed by atoms with Crippen molar-refractivity contribution in [3.8, 4) is 0 Å². The number of benzene rings is 1. The molecule has 0 fully saturated rings. The summed E-state index contributed by atoms with van der Waals surface area (Å²) in [5.74, 6) is 0.209. The molecule has 0 radical (unpaired) electrons. The largest absolute Gasteiger partial charge is 0.382 e. The van der Waals surface area contributed by atoms with E-state index in [1.54, 1.807) is 24.3 Å². The predicted octanol–water partition coefficient (Wildman–Crippen LogP) is 0.273. The summed E-state index contributed by atoms with van der Waals surface area (Å²) in [5.41, 5.74) is 6.14.